The Balaban J connectivity index is 1.36. The number of hydrogen-bond acceptors (Lipinski definition) is 2. The van der Waals surface area contributed by atoms with Crippen LogP contribution in [-0.2, 0) is 9.59 Å². The Hall–Kier alpha value is -1.84. The fraction of sp³-hybridized carbons (Fsp3) is 0.667. The van der Waals surface area contributed by atoms with Gasteiger partial charge in [-0.1, -0.05) is 17.7 Å². The Labute approximate surface area is 168 Å². The van der Waals surface area contributed by atoms with Crippen molar-refractivity contribution in [3.8, 4) is 0 Å². The lowest BCUT2D eigenvalue weighted by molar-refractivity contribution is -0.160. The second-order valence-electron chi connectivity index (χ2n) is 10.1. The Morgan fingerprint density at radius 3 is 2.14 bits per heavy atom. The molecule has 1 aromatic carbocycles. The molecule has 4 bridgehead atoms. The van der Waals surface area contributed by atoms with Crippen LogP contribution in [0, 0.1) is 30.1 Å². The van der Waals surface area contributed by atoms with Gasteiger partial charge in [0.1, 0.15) is 6.04 Å². The third-order valence-electron chi connectivity index (χ3n) is 8.04. The van der Waals surface area contributed by atoms with E-state index in [0.29, 0.717) is 5.91 Å². The maximum atomic E-state index is 13.8. The lowest BCUT2D eigenvalue weighted by atomic mass is 9.49. The van der Waals surface area contributed by atoms with Crippen LogP contribution in [0.15, 0.2) is 24.3 Å². The summed E-state index contributed by atoms with van der Waals surface area (Å²) in [7, 11) is 1.85. The van der Waals surface area contributed by atoms with E-state index in [4.69, 9.17) is 0 Å². The minimum absolute atomic E-state index is 0.0689. The molecule has 0 radical (unpaired) electrons. The van der Waals surface area contributed by atoms with Gasteiger partial charge in [0.2, 0.25) is 11.8 Å². The molecule has 6 rings (SSSR count). The molecule has 5 fully saturated rings. The maximum absolute atomic E-state index is 13.8. The summed E-state index contributed by atoms with van der Waals surface area (Å²) >= 11 is 0. The summed E-state index contributed by atoms with van der Waals surface area (Å²) < 4.78 is 0. The molecular formula is C24H32N2O2. The highest BCUT2D eigenvalue weighted by Crippen LogP contribution is 2.60. The van der Waals surface area contributed by atoms with Crippen molar-refractivity contribution < 1.29 is 9.59 Å². The Bertz CT molecular complexity index is 749. The number of amides is 2. The second kappa shape index (κ2) is 6.60. The Morgan fingerprint density at radius 1 is 1.00 bits per heavy atom. The molecule has 0 N–H and O–H groups in total. The minimum atomic E-state index is -0.285. The number of carbonyl (C=O) groups is 2. The van der Waals surface area contributed by atoms with Crippen molar-refractivity contribution in [2.75, 3.05) is 18.5 Å². The van der Waals surface area contributed by atoms with Crippen molar-refractivity contribution in [3.63, 3.8) is 0 Å². The largest absolute Gasteiger partial charge is 0.330 e. The highest BCUT2D eigenvalue weighted by Gasteiger charge is 2.56. The molecule has 1 unspecified atom stereocenters. The van der Waals surface area contributed by atoms with E-state index in [-0.39, 0.29) is 17.4 Å². The first-order valence-electron chi connectivity index (χ1n) is 11.1. The molecule has 4 aliphatic carbocycles. The van der Waals surface area contributed by atoms with Gasteiger partial charge in [-0.05, 0) is 88.2 Å². The van der Waals surface area contributed by atoms with Gasteiger partial charge in [-0.25, -0.2) is 0 Å². The van der Waals surface area contributed by atoms with E-state index in [1.54, 1.807) is 4.90 Å². The molecule has 0 spiro atoms. The highest BCUT2D eigenvalue weighted by atomic mass is 16.2. The lowest BCUT2D eigenvalue weighted by Gasteiger charge is -2.56. The van der Waals surface area contributed by atoms with Crippen LogP contribution in [0.5, 0.6) is 0 Å². The fourth-order valence-corrected chi connectivity index (χ4v) is 7.06. The zero-order valence-electron chi connectivity index (χ0n) is 17.2. The number of carbonyl (C=O) groups excluding carboxylic acids is 2. The van der Waals surface area contributed by atoms with Gasteiger partial charge < -0.3 is 9.80 Å². The molecule has 1 heterocycles. The number of likely N-dealkylation sites (tertiary alicyclic amines) is 1. The third kappa shape index (κ3) is 2.87. The van der Waals surface area contributed by atoms with Gasteiger partial charge in [-0.15, -0.1) is 0 Å². The SMILES string of the molecule is Cc1ccc(N(C)C(=O)C2CCCN2C(=O)C23CC4CC(CC(C4)C2)C3)cc1. The number of rotatable bonds is 3. The summed E-state index contributed by atoms with van der Waals surface area (Å²) in [5, 5.41) is 0. The van der Waals surface area contributed by atoms with Crippen molar-refractivity contribution in [1.82, 2.24) is 4.90 Å². The summed E-state index contributed by atoms with van der Waals surface area (Å²) in [6, 6.07) is 7.77. The monoisotopic (exact) mass is 380 g/mol. The zero-order valence-corrected chi connectivity index (χ0v) is 17.2. The second-order valence-corrected chi connectivity index (χ2v) is 10.1. The Morgan fingerprint density at radius 2 is 1.57 bits per heavy atom. The average Bonchev–Trinajstić information content (AvgIpc) is 3.15. The molecule has 150 valence electrons. The van der Waals surface area contributed by atoms with E-state index in [1.807, 2.05) is 36.2 Å². The third-order valence-corrected chi connectivity index (χ3v) is 8.04. The van der Waals surface area contributed by atoms with E-state index in [1.165, 1.54) is 24.8 Å². The number of hydrogen-bond donors (Lipinski definition) is 0. The van der Waals surface area contributed by atoms with Crippen LogP contribution in [0.2, 0.25) is 0 Å². The smallest absolute Gasteiger partial charge is 0.249 e. The Kier molecular flexibility index (Phi) is 4.29. The topological polar surface area (TPSA) is 40.6 Å². The molecule has 2 amide bonds. The lowest BCUT2D eigenvalue weighted by Crippen LogP contribution is -2.57. The molecule has 5 aliphatic rings. The number of anilines is 1. The molecule has 1 aliphatic heterocycles. The molecule has 0 aromatic heterocycles. The molecule has 1 saturated heterocycles. The fourth-order valence-electron chi connectivity index (χ4n) is 7.06. The van der Waals surface area contributed by atoms with E-state index in [0.717, 1.165) is 62.1 Å². The van der Waals surface area contributed by atoms with Crippen molar-refractivity contribution >= 4 is 17.5 Å². The first kappa shape index (κ1) is 18.2. The van der Waals surface area contributed by atoms with Gasteiger partial charge in [-0.2, -0.15) is 0 Å². The van der Waals surface area contributed by atoms with E-state index < -0.39 is 0 Å². The number of nitrogens with zero attached hydrogens (tertiary/aromatic N) is 2. The van der Waals surface area contributed by atoms with Crippen LogP contribution in [0.1, 0.15) is 56.9 Å². The van der Waals surface area contributed by atoms with E-state index in [9.17, 15) is 9.59 Å². The van der Waals surface area contributed by atoms with Gasteiger partial charge >= 0.3 is 0 Å². The first-order valence-corrected chi connectivity index (χ1v) is 11.1. The predicted octanol–water partition coefficient (Wildman–Crippen LogP) is 4.17. The molecule has 28 heavy (non-hydrogen) atoms. The van der Waals surface area contributed by atoms with Crippen LogP contribution < -0.4 is 4.90 Å². The molecule has 4 nitrogen and oxygen atoms in total. The highest BCUT2D eigenvalue weighted by molar-refractivity contribution is 5.99. The molecular weight excluding hydrogens is 348 g/mol. The van der Waals surface area contributed by atoms with Gasteiger partial charge in [0.15, 0.2) is 0 Å². The summed E-state index contributed by atoms with van der Waals surface area (Å²) in [6.07, 6.45) is 8.97. The van der Waals surface area contributed by atoms with E-state index in [2.05, 4.69) is 6.92 Å². The van der Waals surface area contributed by atoms with Gasteiger partial charge in [0.05, 0.1) is 5.41 Å². The quantitative estimate of drug-likeness (QED) is 0.790. The van der Waals surface area contributed by atoms with Gasteiger partial charge in [0.25, 0.3) is 0 Å². The van der Waals surface area contributed by atoms with Crippen molar-refractivity contribution in [3.05, 3.63) is 29.8 Å². The average molecular weight is 381 g/mol. The molecule has 1 atom stereocenters. The summed E-state index contributed by atoms with van der Waals surface area (Å²) in [5.41, 5.74) is 1.94. The van der Waals surface area contributed by atoms with Crippen molar-refractivity contribution in [1.29, 1.82) is 0 Å². The van der Waals surface area contributed by atoms with Crippen LogP contribution in [0.25, 0.3) is 0 Å². The normalized spacial score (nSPS) is 36.0. The number of aryl methyl sites for hydroxylation is 1. The van der Waals surface area contributed by atoms with Crippen LogP contribution >= 0.6 is 0 Å². The van der Waals surface area contributed by atoms with Crippen molar-refractivity contribution in [2.45, 2.75) is 64.3 Å². The first-order chi connectivity index (χ1) is 13.4. The predicted molar refractivity (Wildman–Crippen MR) is 110 cm³/mol. The summed E-state index contributed by atoms with van der Waals surface area (Å²) in [4.78, 5) is 30.8. The van der Waals surface area contributed by atoms with E-state index >= 15 is 0 Å². The van der Waals surface area contributed by atoms with Crippen LogP contribution in [0.4, 0.5) is 5.69 Å². The van der Waals surface area contributed by atoms with Gasteiger partial charge in [0, 0.05) is 19.3 Å². The van der Waals surface area contributed by atoms with Crippen molar-refractivity contribution in [2.24, 2.45) is 23.2 Å². The zero-order chi connectivity index (χ0) is 19.5. The number of benzene rings is 1. The number of likely N-dealkylation sites (N-methyl/N-ethyl adjacent to an activating group) is 1. The molecule has 4 saturated carbocycles. The maximum Gasteiger partial charge on any atom is 0.249 e. The summed E-state index contributed by atoms with van der Waals surface area (Å²) in [5.74, 6) is 2.63. The van der Waals surface area contributed by atoms with Crippen LogP contribution in [0.3, 0.4) is 0 Å². The van der Waals surface area contributed by atoms with Gasteiger partial charge in [-0.3, -0.25) is 9.59 Å². The summed E-state index contributed by atoms with van der Waals surface area (Å²) in [6.45, 7) is 2.80. The molecule has 1 aromatic rings. The minimum Gasteiger partial charge on any atom is -0.330 e. The molecule has 4 heteroatoms. The standard InChI is InChI=1S/C24H32N2O2/c1-16-5-7-20(8-6-16)25(2)22(27)21-4-3-9-26(21)23(28)24-13-17-10-18(14-24)12-19(11-17)15-24/h5-8,17-19,21H,3-4,9-15H2,1-2H3. The van der Waals surface area contributed by atoms with Crippen LogP contribution in [-0.4, -0.2) is 36.3 Å².